The van der Waals surface area contributed by atoms with Crippen molar-refractivity contribution in [3.05, 3.63) is 107 Å². The first-order valence-corrected chi connectivity index (χ1v) is 10.00. The highest BCUT2D eigenvalue weighted by Crippen LogP contribution is 2.21. The predicted molar refractivity (Wildman–Crippen MR) is 126 cm³/mol. The van der Waals surface area contributed by atoms with Crippen LogP contribution >= 0.6 is 0 Å². The number of aromatic nitrogens is 5. The Morgan fingerprint density at radius 2 is 1.39 bits per heavy atom. The molecule has 0 unspecified atom stereocenters. The van der Waals surface area contributed by atoms with Crippen molar-refractivity contribution in [1.82, 2.24) is 25.6 Å². The van der Waals surface area contributed by atoms with E-state index in [4.69, 9.17) is 0 Å². The highest BCUT2D eigenvalue weighted by atomic mass is 15.5. The maximum absolute atomic E-state index is 4.69. The van der Waals surface area contributed by atoms with E-state index in [2.05, 4.69) is 80.2 Å². The van der Waals surface area contributed by atoms with Crippen LogP contribution in [0.1, 0.15) is 22.4 Å². The molecule has 5 nitrogen and oxygen atoms in total. The molecule has 0 atom stereocenters. The Morgan fingerprint density at radius 3 is 2.19 bits per heavy atom. The van der Waals surface area contributed by atoms with E-state index in [1.807, 2.05) is 54.6 Å². The third-order valence-electron chi connectivity index (χ3n) is 5.01. The normalized spacial score (nSPS) is 11.6. The number of tetrazole rings is 1. The molecule has 0 radical (unpaired) electrons. The third-order valence-corrected chi connectivity index (χ3v) is 5.01. The Balaban J connectivity index is 1.32. The van der Waals surface area contributed by atoms with Gasteiger partial charge < -0.3 is 0 Å². The van der Waals surface area contributed by atoms with Gasteiger partial charge in [-0.2, -0.15) is 5.21 Å². The van der Waals surface area contributed by atoms with Crippen LogP contribution in [0, 0.1) is 0 Å². The fourth-order valence-corrected chi connectivity index (χ4v) is 3.38. The summed E-state index contributed by atoms with van der Waals surface area (Å²) in [6.07, 6.45) is 8.27. The summed E-state index contributed by atoms with van der Waals surface area (Å²) in [5, 5.41) is 15.5. The van der Waals surface area contributed by atoms with Crippen LogP contribution in [0.25, 0.3) is 46.6 Å². The Kier molecular flexibility index (Phi) is 5.14. The lowest BCUT2D eigenvalue weighted by Crippen LogP contribution is -1.85. The molecule has 0 aliphatic carbocycles. The molecule has 3 aromatic carbocycles. The van der Waals surface area contributed by atoms with Crippen molar-refractivity contribution < 1.29 is 0 Å². The average Bonchev–Trinajstić information content (AvgIpc) is 3.37. The summed E-state index contributed by atoms with van der Waals surface area (Å²) < 4.78 is 0. The SMILES string of the molecule is C(=Cc1ccc2ccccc2n1)c1ccc(C=Cc2ccccc2-c2nn[nH]n2)cc1. The highest BCUT2D eigenvalue weighted by Gasteiger charge is 2.06. The van der Waals surface area contributed by atoms with Crippen LogP contribution in [0.15, 0.2) is 84.9 Å². The summed E-state index contributed by atoms with van der Waals surface area (Å²) in [6, 6.07) is 28.7. The van der Waals surface area contributed by atoms with Crippen molar-refractivity contribution in [3.63, 3.8) is 0 Å². The van der Waals surface area contributed by atoms with E-state index in [1.165, 1.54) is 0 Å². The zero-order valence-electron chi connectivity index (χ0n) is 16.7. The summed E-state index contributed by atoms with van der Waals surface area (Å²) in [4.78, 5) is 4.69. The number of hydrogen-bond acceptors (Lipinski definition) is 4. The molecule has 0 aliphatic heterocycles. The number of aromatic amines is 1. The average molecular weight is 401 g/mol. The van der Waals surface area contributed by atoms with Gasteiger partial charge in [-0.15, -0.1) is 10.2 Å². The number of nitrogens with zero attached hydrogens (tertiary/aromatic N) is 4. The molecule has 31 heavy (non-hydrogen) atoms. The number of benzene rings is 3. The largest absolute Gasteiger partial charge is 0.248 e. The number of rotatable bonds is 5. The topological polar surface area (TPSA) is 67.3 Å². The molecule has 5 heteroatoms. The number of H-pyrrole nitrogens is 1. The monoisotopic (exact) mass is 401 g/mol. The fraction of sp³-hybridized carbons (Fsp3) is 0. The van der Waals surface area contributed by atoms with Crippen molar-refractivity contribution in [2.75, 3.05) is 0 Å². The van der Waals surface area contributed by atoms with Gasteiger partial charge in [0, 0.05) is 10.9 Å². The Labute approximate surface area is 179 Å². The van der Waals surface area contributed by atoms with Crippen LogP contribution in [0.4, 0.5) is 0 Å². The molecule has 1 N–H and O–H groups in total. The van der Waals surface area contributed by atoms with E-state index in [0.29, 0.717) is 5.82 Å². The third kappa shape index (κ3) is 4.31. The van der Waals surface area contributed by atoms with E-state index in [0.717, 1.165) is 38.9 Å². The molecule has 0 fully saturated rings. The molecule has 0 aliphatic rings. The zero-order valence-corrected chi connectivity index (χ0v) is 16.7. The summed E-state index contributed by atoms with van der Waals surface area (Å²) in [7, 11) is 0. The van der Waals surface area contributed by atoms with Crippen LogP contribution in [-0.2, 0) is 0 Å². The van der Waals surface area contributed by atoms with E-state index >= 15 is 0 Å². The first kappa shape index (κ1) is 18.6. The van der Waals surface area contributed by atoms with Crippen LogP contribution in [-0.4, -0.2) is 25.6 Å². The van der Waals surface area contributed by atoms with Crippen LogP contribution in [0.2, 0.25) is 0 Å². The summed E-state index contributed by atoms with van der Waals surface area (Å²) >= 11 is 0. The van der Waals surface area contributed by atoms with Gasteiger partial charge in [0.1, 0.15) is 0 Å². The van der Waals surface area contributed by atoms with Crippen molar-refractivity contribution >= 4 is 35.2 Å². The van der Waals surface area contributed by atoms with Crippen molar-refractivity contribution in [2.24, 2.45) is 0 Å². The van der Waals surface area contributed by atoms with Crippen molar-refractivity contribution in [1.29, 1.82) is 0 Å². The summed E-state index contributed by atoms with van der Waals surface area (Å²) in [6.45, 7) is 0. The van der Waals surface area contributed by atoms with E-state index < -0.39 is 0 Å². The van der Waals surface area contributed by atoms with Crippen molar-refractivity contribution in [2.45, 2.75) is 0 Å². The fourth-order valence-electron chi connectivity index (χ4n) is 3.38. The zero-order chi connectivity index (χ0) is 20.9. The first-order chi connectivity index (χ1) is 15.3. The second-order valence-corrected chi connectivity index (χ2v) is 7.08. The first-order valence-electron chi connectivity index (χ1n) is 10.00. The smallest absolute Gasteiger partial charge is 0.205 e. The molecular formula is C26H19N5. The Morgan fingerprint density at radius 1 is 0.645 bits per heavy atom. The molecule has 0 bridgehead atoms. The van der Waals surface area contributed by atoms with Crippen LogP contribution in [0.5, 0.6) is 0 Å². The maximum Gasteiger partial charge on any atom is 0.205 e. The standard InChI is InChI=1S/C26H19N5/c1-3-7-24(26-28-30-31-29-26)21(5-1)15-13-19-9-11-20(12-10-19)14-17-23-18-16-22-6-2-4-8-25(22)27-23/h1-18H,(H,28,29,30,31). The van der Waals surface area contributed by atoms with Crippen molar-refractivity contribution in [3.8, 4) is 11.4 Å². The van der Waals surface area contributed by atoms with E-state index in [-0.39, 0.29) is 0 Å². The number of fused-ring (bicyclic) bond motifs is 1. The number of nitrogens with one attached hydrogen (secondary N) is 1. The van der Waals surface area contributed by atoms with Gasteiger partial charge in [0.15, 0.2) is 0 Å². The molecule has 0 saturated carbocycles. The van der Waals surface area contributed by atoms with Gasteiger partial charge in [-0.3, -0.25) is 0 Å². The summed E-state index contributed by atoms with van der Waals surface area (Å²) in [5.74, 6) is 0.586. The lowest BCUT2D eigenvalue weighted by molar-refractivity contribution is 0.881. The van der Waals surface area contributed by atoms with Gasteiger partial charge >= 0.3 is 0 Å². The lowest BCUT2D eigenvalue weighted by Gasteiger charge is -2.01. The van der Waals surface area contributed by atoms with E-state index in [1.54, 1.807) is 0 Å². The summed E-state index contributed by atoms with van der Waals surface area (Å²) in [5.41, 5.74) is 6.17. The van der Waals surface area contributed by atoms with Gasteiger partial charge in [-0.25, -0.2) is 4.98 Å². The van der Waals surface area contributed by atoms with Crippen LogP contribution in [0.3, 0.4) is 0 Å². The van der Waals surface area contributed by atoms with Gasteiger partial charge in [0.05, 0.1) is 11.2 Å². The molecule has 0 amide bonds. The lowest BCUT2D eigenvalue weighted by atomic mass is 10.0. The van der Waals surface area contributed by atoms with Gasteiger partial charge in [0.2, 0.25) is 5.82 Å². The van der Waals surface area contributed by atoms with Gasteiger partial charge in [-0.1, -0.05) is 91.0 Å². The number of pyridine rings is 1. The number of hydrogen-bond donors (Lipinski definition) is 1. The molecule has 2 heterocycles. The molecule has 5 rings (SSSR count). The highest BCUT2D eigenvalue weighted by molar-refractivity contribution is 5.81. The minimum absolute atomic E-state index is 0.586. The van der Waals surface area contributed by atoms with Crippen LogP contribution < -0.4 is 0 Å². The van der Waals surface area contributed by atoms with Gasteiger partial charge in [0.25, 0.3) is 0 Å². The molecule has 0 saturated heterocycles. The Hall–Kier alpha value is -4.38. The molecule has 148 valence electrons. The number of para-hydroxylation sites is 1. The molecule has 2 aromatic heterocycles. The molecule has 0 spiro atoms. The quantitative estimate of drug-likeness (QED) is 0.381. The van der Waals surface area contributed by atoms with E-state index in [9.17, 15) is 0 Å². The molecule has 5 aromatic rings. The maximum atomic E-state index is 4.69. The molecular weight excluding hydrogens is 382 g/mol. The second kappa shape index (κ2) is 8.55. The Bertz CT molecular complexity index is 1370. The second-order valence-electron chi connectivity index (χ2n) is 7.08. The minimum atomic E-state index is 0.586. The van der Waals surface area contributed by atoms with Gasteiger partial charge in [-0.05, 0) is 40.1 Å². The predicted octanol–water partition coefficient (Wildman–Crippen LogP) is 5.76. The minimum Gasteiger partial charge on any atom is -0.248 e.